The molecule has 2 aliphatic heterocycles. The highest BCUT2D eigenvalue weighted by Crippen LogP contribution is 2.26. The molecular formula is C24H26N6O2. The fourth-order valence-corrected chi connectivity index (χ4v) is 4.45. The fraction of sp³-hybridized carbons (Fsp3) is 0.333. The van der Waals surface area contributed by atoms with E-state index in [9.17, 15) is 9.59 Å². The number of carbonyl (C=O) groups excluding carboxylic acids is 2. The number of benzene rings is 1. The second kappa shape index (κ2) is 8.92. The average molecular weight is 431 g/mol. The highest BCUT2D eigenvalue weighted by atomic mass is 16.2. The van der Waals surface area contributed by atoms with E-state index in [0.717, 1.165) is 36.3 Å². The number of amides is 2. The Morgan fingerprint density at radius 1 is 0.969 bits per heavy atom. The molecule has 1 saturated heterocycles. The van der Waals surface area contributed by atoms with E-state index in [4.69, 9.17) is 5.10 Å². The molecule has 8 nitrogen and oxygen atoms in total. The third kappa shape index (κ3) is 4.27. The van der Waals surface area contributed by atoms with Crippen LogP contribution in [0.25, 0.3) is 0 Å². The van der Waals surface area contributed by atoms with Crippen LogP contribution in [-0.4, -0.2) is 62.6 Å². The van der Waals surface area contributed by atoms with Gasteiger partial charge >= 0.3 is 0 Å². The van der Waals surface area contributed by atoms with E-state index in [1.165, 1.54) is 5.56 Å². The predicted octanol–water partition coefficient (Wildman–Crippen LogP) is 1.46. The van der Waals surface area contributed by atoms with E-state index < -0.39 is 0 Å². The van der Waals surface area contributed by atoms with Crippen molar-refractivity contribution < 1.29 is 9.59 Å². The molecule has 0 unspecified atom stereocenters. The molecule has 1 N–H and O–H groups in total. The zero-order valence-electron chi connectivity index (χ0n) is 17.9. The quantitative estimate of drug-likeness (QED) is 0.663. The van der Waals surface area contributed by atoms with E-state index in [-0.39, 0.29) is 18.4 Å². The van der Waals surface area contributed by atoms with Crippen LogP contribution < -0.4 is 5.32 Å². The number of rotatable bonds is 5. The Bertz CT molecular complexity index is 1110. The highest BCUT2D eigenvalue weighted by molar-refractivity contribution is 5.97. The lowest BCUT2D eigenvalue weighted by Gasteiger charge is -2.29. The summed E-state index contributed by atoms with van der Waals surface area (Å²) < 4.78 is 1.98. The first kappa shape index (κ1) is 20.4. The molecule has 1 aromatic carbocycles. The maximum Gasteiger partial charge on any atom is 0.275 e. The Morgan fingerprint density at radius 3 is 2.53 bits per heavy atom. The molecule has 0 saturated carbocycles. The molecule has 0 bridgehead atoms. The zero-order valence-corrected chi connectivity index (χ0v) is 17.9. The molecule has 164 valence electrons. The summed E-state index contributed by atoms with van der Waals surface area (Å²) in [6, 6.07) is 14.2. The van der Waals surface area contributed by atoms with Crippen molar-refractivity contribution in [2.75, 3.05) is 26.2 Å². The standard InChI is InChI=1S/C24H26N6O2/c31-22-17-29(13-11-26-22)24(32)23-20-16-28(14-19-6-9-25-10-7-19)12-8-21(20)30(27-23)15-18-4-2-1-3-5-18/h1-7,9-10H,8,11-17H2,(H,26,31). The third-order valence-electron chi connectivity index (χ3n) is 6.07. The first-order chi connectivity index (χ1) is 15.7. The van der Waals surface area contributed by atoms with Gasteiger partial charge < -0.3 is 10.2 Å². The minimum Gasteiger partial charge on any atom is -0.353 e. The molecule has 2 aliphatic rings. The third-order valence-corrected chi connectivity index (χ3v) is 6.07. The van der Waals surface area contributed by atoms with Gasteiger partial charge in [-0.1, -0.05) is 30.3 Å². The number of hydrogen-bond acceptors (Lipinski definition) is 5. The van der Waals surface area contributed by atoms with Crippen molar-refractivity contribution in [1.29, 1.82) is 0 Å². The molecule has 2 amide bonds. The van der Waals surface area contributed by atoms with Crippen LogP contribution in [0.4, 0.5) is 0 Å². The van der Waals surface area contributed by atoms with Crippen molar-refractivity contribution in [2.45, 2.75) is 26.1 Å². The number of aromatic nitrogens is 3. The predicted molar refractivity (Wildman–Crippen MR) is 119 cm³/mol. The van der Waals surface area contributed by atoms with Gasteiger partial charge in [-0.25, -0.2) is 0 Å². The Balaban J connectivity index is 1.45. The van der Waals surface area contributed by atoms with E-state index >= 15 is 0 Å². The van der Waals surface area contributed by atoms with Crippen LogP contribution in [0.5, 0.6) is 0 Å². The maximum absolute atomic E-state index is 13.4. The minimum atomic E-state index is -0.159. The van der Waals surface area contributed by atoms with E-state index in [1.807, 2.05) is 35.0 Å². The molecule has 0 atom stereocenters. The first-order valence-corrected chi connectivity index (χ1v) is 11.0. The van der Waals surface area contributed by atoms with Gasteiger partial charge in [-0.05, 0) is 23.3 Å². The van der Waals surface area contributed by atoms with Gasteiger partial charge in [0.1, 0.15) is 0 Å². The maximum atomic E-state index is 13.4. The van der Waals surface area contributed by atoms with Crippen LogP contribution in [0.3, 0.4) is 0 Å². The van der Waals surface area contributed by atoms with Gasteiger partial charge in [-0.2, -0.15) is 5.10 Å². The number of nitrogens with one attached hydrogen (secondary N) is 1. The molecule has 3 aromatic rings. The van der Waals surface area contributed by atoms with Crippen molar-refractivity contribution in [2.24, 2.45) is 0 Å². The van der Waals surface area contributed by atoms with Crippen LogP contribution in [0, 0.1) is 0 Å². The lowest BCUT2D eigenvalue weighted by molar-refractivity contribution is -0.123. The normalized spacial score (nSPS) is 16.5. The van der Waals surface area contributed by atoms with Crippen molar-refractivity contribution in [3.05, 3.63) is 82.9 Å². The number of fused-ring (bicyclic) bond motifs is 1. The molecule has 0 spiro atoms. The highest BCUT2D eigenvalue weighted by Gasteiger charge is 2.32. The Labute approximate surface area is 186 Å². The molecule has 5 rings (SSSR count). The number of nitrogens with zero attached hydrogens (tertiary/aromatic N) is 5. The van der Waals surface area contributed by atoms with E-state index in [2.05, 4.69) is 27.3 Å². The van der Waals surface area contributed by atoms with E-state index in [0.29, 0.717) is 31.9 Å². The summed E-state index contributed by atoms with van der Waals surface area (Å²) >= 11 is 0. The summed E-state index contributed by atoms with van der Waals surface area (Å²) in [6.07, 6.45) is 4.44. The number of piperazine rings is 1. The van der Waals surface area contributed by atoms with Gasteiger partial charge in [0.2, 0.25) is 5.91 Å². The molecule has 0 radical (unpaired) electrons. The minimum absolute atomic E-state index is 0.0832. The lowest BCUT2D eigenvalue weighted by atomic mass is 10.0. The second-order valence-corrected chi connectivity index (χ2v) is 8.31. The summed E-state index contributed by atoms with van der Waals surface area (Å²) in [5.74, 6) is -0.282. The summed E-state index contributed by atoms with van der Waals surface area (Å²) in [4.78, 5) is 33.3. The molecule has 2 aromatic heterocycles. The van der Waals surface area contributed by atoms with Gasteiger partial charge in [-0.15, -0.1) is 0 Å². The van der Waals surface area contributed by atoms with Gasteiger partial charge in [0, 0.05) is 62.8 Å². The van der Waals surface area contributed by atoms with Crippen molar-refractivity contribution in [3.63, 3.8) is 0 Å². The summed E-state index contributed by atoms with van der Waals surface area (Å²) in [5.41, 5.74) is 4.92. The summed E-state index contributed by atoms with van der Waals surface area (Å²) in [5, 5.41) is 7.57. The topological polar surface area (TPSA) is 83.4 Å². The Hall–Kier alpha value is -3.52. The molecule has 8 heteroatoms. The molecule has 0 aliphatic carbocycles. The number of pyridine rings is 1. The van der Waals surface area contributed by atoms with Crippen LogP contribution >= 0.6 is 0 Å². The average Bonchev–Trinajstić information content (AvgIpc) is 3.17. The second-order valence-electron chi connectivity index (χ2n) is 8.31. The number of hydrogen-bond donors (Lipinski definition) is 1. The number of carbonyl (C=O) groups is 2. The van der Waals surface area contributed by atoms with Gasteiger partial charge in [-0.3, -0.25) is 24.2 Å². The lowest BCUT2D eigenvalue weighted by Crippen LogP contribution is -2.50. The van der Waals surface area contributed by atoms with Crippen LogP contribution in [0.15, 0.2) is 54.9 Å². The van der Waals surface area contributed by atoms with Crippen molar-refractivity contribution in [3.8, 4) is 0 Å². The molecule has 32 heavy (non-hydrogen) atoms. The Morgan fingerprint density at radius 2 is 1.75 bits per heavy atom. The summed E-state index contributed by atoms with van der Waals surface area (Å²) in [7, 11) is 0. The molecule has 4 heterocycles. The smallest absolute Gasteiger partial charge is 0.275 e. The Kier molecular flexibility index (Phi) is 5.68. The fourth-order valence-electron chi connectivity index (χ4n) is 4.45. The van der Waals surface area contributed by atoms with Crippen molar-refractivity contribution >= 4 is 11.8 Å². The van der Waals surface area contributed by atoms with Gasteiger partial charge in [0.05, 0.1) is 13.1 Å². The van der Waals surface area contributed by atoms with Gasteiger partial charge in [0.15, 0.2) is 5.69 Å². The first-order valence-electron chi connectivity index (χ1n) is 11.0. The zero-order chi connectivity index (χ0) is 21.9. The summed E-state index contributed by atoms with van der Waals surface area (Å²) in [6.45, 7) is 4.05. The monoisotopic (exact) mass is 430 g/mol. The molecule has 1 fully saturated rings. The van der Waals surface area contributed by atoms with Crippen molar-refractivity contribution in [1.82, 2.24) is 29.9 Å². The van der Waals surface area contributed by atoms with Crippen LogP contribution in [-0.2, 0) is 30.8 Å². The van der Waals surface area contributed by atoms with Crippen LogP contribution in [0.1, 0.15) is 32.9 Å². The SMILES string of the molecule is O=C1CN(C(=O)c2nn(Cc3ccccc3)c3c2CN(Cc2ccncc2)CC3)CCN1. The van der Waals surface area contributed by atoms with E-state index in [1.54, 1.807) is 17.3 Å². The van der Waals surface area contributed by atoms with Crippen LogP contribution in [0.2, 0.25) is 0 Å². The molecular weight excluding hydrogens is 404 g/mol. The van der Waals surface area contributed by atoms with Gasteiger partial charge in [0.25, 0.3) is 5.91 Å². The largest absolute Gasteiger partial charge is 0.353 e.